The number of nitrogens with one attached hydrogen (secondary N) is 3. The first-order valence-corrected chi connectivity index (χ1v) is 24.6. The van der Waals surface area contributed by atoms with E-state index < -0.39 is 0 Å². The van der Waals surface area contributed by atoms with Gasteiger partial charge in [0.05, 0.1) is 16.9 Å². The van der Waals surface area contributed by atoms with E-state index in [1.807, 2.05) is 0 Å². The zero-order chi connectivity index (χ0) is 39.1. The van der Waals surface area contributed by atoms with E-state index in [9.17, 15) is 9.90 Å². The van der Waals surface area contributed by atoms with E-state index in [4.69, 9.17) is 4.99 Å². The van der Waals surface area contributed by atoms with Crippen LogP contribution in [0.2, 0.25) is 0 Å². The number of Topliss-reactive ketones (excluding diaryl/α,β-unsaturated/α-hetero) is 1. The fraction of sp³-hybridized carbons (Fsp3) is 0.840. The molecule has 0 amide bonds. The van der Waals surface area contributed by atoms with Crippen LogP contribution in [0.5, 0.6) is 0 Å². The maximum Gasteiger partial charge on any atom is 0.197 e. The average molecular weight is 771 g/mol. The molecule has 4 fully saturated rings. The number of carbonyl (C=O) groups excluding carboxylic acids is 1. The molecule has 10 unspecified atom stereocenters. The number of hydrogen-bond acceptors (Lipinski definition) is 6. The summed E-state index contributed by atoms with van der Waals surface area (Å²) in [5.41, 5.74) is 2.88. The van der Waals surface area contributed by atoms with Crippen molar-refractivity contribution in [2.24, 2.45) is 34.6 Å². The summed E-state index contributed by atoms with van der Waals surface area (Å²) in [5.74, 6) is 2.46. The summed E-state index contributed by atoms with van der Waals surface area (Å²) in [5, 5.41) is 24.5. The smallest absolute Gasteiger partial charge is 0.197 e. The number of ketones is 1. The van der Waals surface area contributed by atoms with E-state index in [1.165, 1.54) is 148 Å². The molecule has 7 rings (SSSR count). The van der Waals surface area contributed by atoms with Gasteiger partial charge in [0.2, 0.25) is 0 Å². The zero-order valence-electron chi connectivity index (χ0n) is 36.4. The van der Waals surface area contributed by atoms with Crippen LogP contribution < -0.4 is 16.0 Å². The van der Waals surface area contributed by atoms with Gasteiger partial charge in [-0.05, 0) is 83.0 Å². The molecule has 5 aliphatic carbocycles. The Morgan fingerprint density at radius 3 is 1.96 bits per heavy atom. The summed E-state index contributed by atoms with van der Waals surface area (Å²) in [7, 11) is 0. The highest BCUT2D eigenvalue weighted by molar-refractivity contribution is 6.25. The van der Waals surface area contributed by atoms with Crippen LogP contribution in [0.4, 0.5) is 0 Å². The highest BCUT2D eigenvalue weighted by atomic mass is 16.3. The predicted molar refractivity (Wildman–Crippen MR) is 234 cm³/mol. The summed E-state index contributed by atoms with van der Waals surface area (Å²) in [6.07, 6.45) is 40.3. The van der Waals surface area contributed by atoms with Crippen molar-refractivity contribution >= 4 is 11.5 Å². The van der Waals surface area contributed by atoms with Gasteiger partial charge in [0.15, 0.2) is 5.78 Å². The second-order valence-corrected chi connectivity index (χ2v) is 20.2. The van der Waals surface area contributed by atoms with Gasteiger partial charge in [-0.1, -0.05) is 154 Å². The molecule has 4 N–H and O–H groups in total. The van der Waals surface area contributed by atoms with Crippen LogP contribution in [0.1, 0.15) is 207 Å². The number of unbranched alkanes of at least 4 members (excludes halogenated alkanes) is 16. The van der Waals surface area contributed by atoms with Gasteiger partial charge in [0, 0.05) is 41.1 Å². The van der Waals surface area contributed by atoms with Crippen molar-refractivity contribution < 1.29 is 9.90 Å². The molecule has 0 aromatic heterocycles. The van der Waals surface area contributed by atoms with Crippen LogP contribution in [-0.2, 0) is 4.79 Å². The molecule has 56 heavy (non-hydrogen) atoms. The molecule has 0 spiro atoms. The van der Waals surface area contributed by atoms with Crippen LogP contribution in [0.25, 0.3) is 0 Å². The zero-order valence-corrected chi connectivity index (χ0v) is 36.4. The Kier molecular flexibility index (Phi) is 14.8. The molecule has 1 saturated heterocycles. The number of aliphatic hydroxyl groups is 1. The van der Waals surface area contributed by atoms with Crippen LogP contribution in [0, 0.1) is 29.6 Å². The van der Waals surface area contributed by atoms with E-state index in [1.54, 1.807) is 0 Å². The minimum absolute atomic E-state index is 0.0767. The van der Waals surface area contributed by atoms with E-state index in [-0.39, 0.29) is 29.1 Å². The molecule has 2 heterocycles. The topological polar surface area (TPSA) is 85.8 Å². The van der Waals surface area contributed by atoms with Crippen molar-refractivity contribution in [1.82, 2.24) is 16.0 Å². The normalized spacial score (nSPS) is 37.6. The Bertz CT molecular complexity index is 1460. The molecule has 0 aromatic carbocycles. The van der Waals surface area contributed by atoms with Crippen molar-refractivity contribution in [3.63, 3.8) is 0 Å². The Hall–Kier alpha value is -1.76. The maximum absolute atomic E-state index is 14.6. The van der Waals surface area contributed by atoms with Crippen molar-refractivity contribution in [3.05, 3.63) is 34.6 Å². The average Bonchev–Trinajstić information content (AvgIpc) is 3.18. The Morgan fingerprint density at radius 1 is 0.696 bits per heavy atom. The van der Waals surface area contributed by atoms with Gasteiger partial charge in [0.1, 0.15) is 11.4 Å². The number of nitrogens with zero attached hydrogens (tertiary/aromatic N) is 1. The lowest BCUT2D eigenvalue weighted by atomic mass is 9.57. The first-order valence-electron chi connectivity index (χ1n) is 24.6. The molecule has 314 valence electrons. The number of hydrogen-bond donors (Lipinski definition) is 4. The standard InChI is InChI=1S/C50H82N4O2/c1-5-7-9-11-13-15-17-19-21-33-49(3)51-39-27-23-25-35-29-31-37(45(53-49)41(35)39)43-47(55)44(48(43)56)38-32-30-36-26-24-28-40-42(36)46(38)54-50(4,52-40)34-22-20-18-16-14-12-10-8-6-2/h29,31,35-36,38-42,46,51-52,54-55H,5-28,30,32-34H2,1-4H3/b43-37+. The van der Waals surface area contributed by atoms with Crippen LogP contribution in [0.3, 0.4) is 0 Å². The molecule has 0 aromatic rings. The summed E-state index contributed by atoms with van der Waals surface area (Å²) < 4.78 is 0. The van der Waals surface area contributed by atoms with Gasteiger partial charge in [-0.3, -0.25) is 25.7 Å². The van der Waals surface area contributed by atoms with E-state index in [2.05, 4.69) is 55.8 Å². The van der Waals surface area contributed by atoms with Gasteiger partial charge in [-0.25, -0.2) is 0 Å². The fourth-order valence-corrected chi connectivity index (χ4v) is 12.9. The number of aliphatic hydroxyl groups excluding tert-OH is 1. The molecular weight excluding hydrogens is 689 g/mol. The summed E-state index contributed by atoms with van der Waals surface area (Å²) in [6.45, 7) is 9.26. The van der Waals surface area contributed by atoms with Crippen molar-refractivity contribution in [1.29, 1.82) is 0 Å². The maximum atomic E-state index is 14.6. The van der Waals surface area contributed by atoms with E-state index in [0.29, 0.717) is 47.1 Å². The van der Waals surface area contributed by atoms with Crippen LogP contribution in [0.15, 0.2) is 39.6 Å². The van der Waals surface area contributed by atoms with Crippen LogP contribution >= 0.6 is 0 Å². The van der Waals surface area contributed by atoms with Gasteiger partial charge in [-0.2, -0.15) is 0 Å². The molecular formula is C50H82N4O2. The lowest BCUT2D eigenvalue weighted by Crippen LogP contribution is -2.74. The number of rotatable bonds is 21. The Balaban J connectivity index is 1.05. The number of carbonyl (C=O) groups is 1. The van der Waals surface area contributed by atoms with Gasteiger partial charge in [0.25, 0.3) is 0 Å². The summed E-state index contributed by atoms with van der Waals surface area (Å²) >= 11 is 0. The molecule has 3 saturated carbocycles. The molecule has 6 heteroatoms. The molecule has 2 aliphatic heterocycles. The Morgan fingerprint density at radius 2 is 1.30 bits per heavy atom. The third kappa shape index (κ3) is 9.49. The largest absolute Gasteiger partial charge is 0.507 e. The van der Waals surface area contributed by atoms with Crippen molar-refractivity contribution in [3.8, 4) is 0 Å². The lowest BCUT2D eigenvalue weighted by molar-refractivity contribution is -0.115. The molecule has 0 bridgehead atoms. The third-order valence-corrected chi connectivity index (χ3v) is 15.8. The fourth-order valence-electron chi connectivity index (χ4n) is 12.9. The minimum atomic E-state index is -0.321. The van der Waals surface area contributed by atoms with E-state index in [0.717, 1.165) is 49.0 Å². The number of allylic oxidation sites excluding steroid dienone is 4. The highest BCUT2D eigenvalue weighted by Crippen LogP contribution is 2.52. The van der Waals surface area contributed by atoms with Gasteiger partial charge in [-0.15, -0.1) is 0 Å². The third-order valence-electron chi connectivity index (χ3n) is 15.8. The molecule has 7 aliphatic rings. The second kappa shape index (κ2) is 19.5. The lowest BCUT2D eigenvalue weighted by Gasteiger charge is -2.59. The monoisotopic (exact) mass is 771 g/mol. The predicted octanol–water partition coefficient (Wildman–Crippen LogP) is 12.1. The minimum Gasteiger partial charge on any atom is -0.507 e. The van der Waals surface area contributed by atoms with Crippen molar-refractivity contribution in [2.45, 2.75) is 237 Å². The first-order chi connectivity index (χ1) is 27.3. The Labute approximate surface area is 342 Å². The second-order valence-electron chi connectivity index (χ2n) is 20.2. The molecule has 6 nitrogen and oxygen atoms in total. The van der Waals surface area contributed by atoms with Crippen LogP contribution in [-0.4, -0.2) is 46.1 Å². The first kappa shape index (κ1) is 42.4. The van der Waals surface area contributed by atoms with Gasteiger partial charge >= 0.3 is 0 Å². The van der Waals surface area contributed by atoms with Gasteiger partial charge < -0.3 is 5.11 Å². The highest BCUT2D eigenvalue weighted by Gasteiger charge is 2.56. The SMILES string of the molecule is CCCCCCCCCCCC1(C)N=C2/C(=C3/C(=O)C(C4CCC5CCCC6NC(C)(CCCCCCCCCCC)NC4C56)=C3O)C=CC3CCCC(N1)C23. The van der Waals surface area contributed by atoms with E-state index >= 15 is 0 Å². The summed E-state index contributed by atoms with van der Waals surface area (Å²) in [6, 6.07) is 1.12. The number of aliphatic imine (C=N–C) groups is 1. The van der Waals surface area contributed by atoms with Crippen molar-refractivity contribution in [2.75, 3.05) is 0 Å². The summed E-state index contributed by atoms with van der Waals surface area (Å²) in [4.78, 5) is 20.2. The molecule has 0 radical (unpaired) electrons. The quantitative estimate of drug-likeness (QED) is 0.0690. The molecule has 10 atom stereocenters.